The summed E-state index contributed by atoms with van der Waals surface area (Å²) in [5.74, 6) is 0.288. The third-order valence-electron chi connectivity index (χ3n) is 4.45. The van der Waals surface area contributed by atoms with E-state index in [9.17, 15) is 4.39 Å². The molecule has 0 unspecified atom stereocenters. The number of imidazole rings is 1. The first-order chi connectivity index (χ1) is 13.5. The summed E-state index contributed by atoms with van der Waals surface area (Å²) in [5, 5.41) is 4.66. The molecule has 0 aliphatic carbocycles. The molecule has 0 N–H and O–H groups in total. The lowest BCUT2D eigenvalue weighted by atomic mass is 10.1. The molecule has 3 heterocycles. The predicted molar refractivity (Wildman–Crippen MR) is 105 cm³/mol. The van der Waals surface area contributed by atoms with Crippen molar-refractivity contribution in [2.24, 2.45) is 7.05 Å². The minimum absolute atomic E-state index is 0.260. The average Bonchev–Trinajstić information content (AvgIpc) is 3.32. The summed E-state index contributed by atoms with van der Waals surface area (Å²) in [5.41, 5.74) is 3.67. The van der Waals surface area contributed by atoms with Gasteiger partial charge < -0.3 is 9.47 Å². The van der Waals surface area contributed by atoms with Crippen LogP contribution >= 0.6 is 0 Å². The summed E-state index contributed by atoms with van der Waals surface area (Å²) in [7, 11) is 5.46. The second-order valence-corrected chi connectivity index (χ2v) is 6.73. The van der Waals surface area contributed by atoms with Crippen molar-refractivity contribution in [1.82, 2.24) is 29.3 Å². The maximum absolute atomic E-state index is 13.9. The number of halogens is 1. The van der Waals surface area contributed by atoms with E-state index in [-0.39, 0.29) is 5.82 Å². The number of benzene rings is 1. The molecule has 4 aromatic rings. The van der Waals surface area contributed by atoms with Crippen LogP contribution in [0, 0.1) is 5.82 Å². The molecule has 0 fully saturated rings. The highest BCUT2D eigenvalue weighted by Crippen LogP contribution is 2.25. The zero-order valence-corrected chi connectivity index (χ0v) is 15.9. The van der Waals surface area contributed by atoms with Crippen LogP contribution in [0.25, 0.3) is 22.6 Å². The quantitative estimate of drug-likeness (QED) is 0.535. The van der Waals surface area contributed by atoms with Crippen molar-refractivity contribution in [2.45, 2.75) is 6.54 Å². The summed E-state index contributed by atoms with van der Waals surface area (Å²) in [6.45, 7) is 0.642. The Bertz CT molecular complexity index is 1110. The fourth-order valence-electron chi connectivity index (χ4n) is 2.94. The predicted octanol–water partition coefficient (Wildman–Crippen LogP) is 2.99. The van der Waals surface area contributed by atoms with E-state index in [0.717, 1.165) is 22.5 Å². The Hall–Kier alpha value is -3.55. The fourth-order valence-corrected chi connectivity index (χ4v) is 2.94. The number of hydrogen-bond acceptors (Lipinski definition) is 5. The Kier molecular flexibility index (Phi) is 4.60. The van der Waals surface area contributed by atoms with Crippen LogP contribution in [-0.2, 0) is 13.6 Å². The molecule has 28 heavy (non-hydrogen) atoms. The van der Waals surface area contributed by atoms with Gasteiger partial charge in [-0.15, -0.1) is 0 Å². The lowest BCUT2D eigenvalue weighted by Crippen LogP contribution is -2.13. The van der Waals surface area contributed by atoms with Crippen LogP contribution in [0.5, 0.6) is 0 Å². The van der Waals surface area contributed by atoms with E-state index < -0.39 is 5.82 Å². The molecule has 0 bridgehead atoms. The van der Waals surface area contributed by atoms with Crippen molar-refractivity contribution < 1.29 is 4.39 Å². The molecule has 0 saturated heterocycles. The maximum atomic E-state index is 13.9. The molecule has 0 aliphatic heterocycles. The van der Waals surface area contributed by atoms with Gasteiger partial charge in [-0.3, -0.25) is 4.68 Å². The molecule has 0 spiro atoms. The molecule has 0 aliphatic rings. The second-order valence-electron chi connectivity index (χ2n) is 6.73. The van der Waals surface area contributed by atoms with Crippen LogP contribution in [-0.4, -0.2) is 43.4 Å². The van der Waals surface area contributed by atoms with E-state index in [1.165, 1.54) is 6.20 Å². The lowest BCUT2D eigenvalue weighted by Gasteiger charge is -2.13. The minimum Gasteiger partial charge on any atom is -0.360 e. The number of rotatable bonds is 5. The Morgan fingerprint density at radius 2 is 1.93 bits per heavy atom. The van der Waals surface area contributed by atoms with Crippen LogP contribution in [0.3, 0.4) is 0 Å². The van der Waals surface area contributed by atoms with Gasteiger partial charge in [0.05, 0.1) is 36.7 Å². The summed E-state index contributed by atoms with van der Waals surface area (Å²) >= 11 is 0. The topological polar surface area (TPSA) is 64.7 Å². The van der Waals surface area contributed by atoms with E-state index >= 15 is 0 Å². The third kappa shape index (κ3) is 3.48. The highest BCUT2D eigenvalue weighted by atomic mass is 19.1. The van der Waals surface area contributed by atoms with Gasteiger partial charge in [0, 0.05) is 38.5 Å². The molecule has 0 saturated carbocycles. The summed E-state index contributed by atoms with van der Waals surface area (Å²) < 4.78 is 17.7. The second kappa shape index (κ2) is 7.22. The van der Waals surface area contributed by atoms with Crippen LogP contribution < -0.4 is 4.90 Å². The average molecular weight is 377 g/mol. The summed E-state index contributed by atoms with van der Waals surface area (Å²) in [6, 6.07) is 9.74. The third-order valence-corrected chi connectivity index (χ3v) is 4.45. The first-order valence-electron chi connectivity index (χ1n) is 8.80. The van der Waals surface area contributed by atoms with Crippen LogP contribution in [0.4, 0.5) is 10.2 Å². The normalized spacial score (nSPS) is 11.0. The van der Waals surface area contributed by atoms with E-state index in [1.54, 1.807) is 25.3 Å². The zero-order chi connectivity index (χ0) is 19.7. The molecular formula is C20H20FN7. The smallest absolute Gasteiger partial charge is 0.183 e. The van der Waals surface area contributed by atoms with E-state index in [0.29, 0.717) is 12.4 Å². The molecule has 0 atom stereocenters. The van der Waals surface area contributed by atoms with Gasteiger partial charge in [0.25, 0.3) is 0 Å². The van der Waals surface area contributed by atoms with Crippen molar-refractivity contribution in [3.05, 3.63) is 66.8 Å². The minimum atomic E-state index is -0.446. The number of aryl methyl sites for hydroxylation is 1. The highest BCUT2D eigenvalue weighted by molar-refractivity contribution is 5.68. The monoisotopic (exact) mass is 377 g/mol. The molecule has 0 radical (unpaired) electrons. The Morgan fingerprint density at radius 3 is 2.68 bits per heavy atom. The zero-order valence-electron chi connectivity index (χ0n) is 15.9. The van der Waals surface area contributed by atoms with Crippen molar-refractivity contribution in [3.8, 4) is 22.6 Å². The van der Waals surface area contributed by atoms with Gasteiger partial charge in [-0.2, -0.15) is 5.10 Å². The number of nitrogens with zero attached hydrogens (tertiary/aromatic N) is 7. The van der Waals surface area contributed by atoms with Crippen LogP contribution in [0.2, 0.25) is 0 Å². The van der Waals surface area contributed by atoms with Crippen molar-refractivity contribution in [3.63, 3.8) is 0 Å². The van der Waals surface area contributed by atoms with Gasteiger partial charge in [-0.1, -0.05) is 18.2 Å². The Balaban J connectivity index is 1.63. The van der Waals surface area contributed by atoms with Crippen LogP contribution in [0.15, 0.2) is 55.2 Å². The Labute approximate surface area is 162 Å². The summed E-state index contributed by atoms with van der Waals surface area (Å²) in [6.07, 6.45) is 6.74. The molecular weight excluding hydrogens is 357 g/mol. The first-order valence-corrected chi connectivity index (χ1v) is 8.80. The molecule has 7 nitrogen and oxygen atoms in total. The standard InChI is InChI=1S/C20H20FN7/c1-26(2)20-17(21)11-23-19(24-20)15-6-4-5-14(9-15)18-7-8-28(25-18)12-16-10-22-13-27(16)3/h4-11,13H,12H2,1-3H3. The number of hydrogen-bond donors (Lipinski definition) is 0. The first kappa shape index (κ1) is 17.8. The lowest BCUT2D eigenvalue weighted by molar-refractivity contribution is 0.612. The van der Waals surface area contributed by atoms with Gasteiger partial charge in [0.1, 0.15) is 0 Å². The Morgan fingerprint density at radius 1 is 1.11 bits per heavy atom. The van der Waals surface area contributed by atoms with E-state index in [1.807, 2.05) is 59.0 Å². The molecule has 8 heteroatoms. The van der Waals surface area contributed by atoms with Gasteiger partial charge in [-0.05, 0) is 12.1 Å². The highest BCUT2D eigenvalue weighted by Gasteiger charge is 2.12. The van der Waals surface area contributed by atoms with Gasteiger partial charge >= 0.3 is 0 Å². The summed E-state index contributed by atoms with van der Waals surface area (Å²) in [4.78, 5) is 14.3. The molecule has 1 aromatic carbocycles. The SMILES string of the molecule is CN(C)c1nc(-c2cccc(-c3ccn(Cc4cncn4C)n3)c2)ncc1F. The van der Waals surface area contributed by atoms with Crippen molar-refractivity contribution in [1.29, 1.82) is 0 Å². The molecule has 4 rings (SSSR count). The molecule has 3 aromatic heterocycles. The molecule has 0 amide bonds. The van der Waals surface area contributed by atoms with E-state index in [2.05, 4.69) is 20.1 Å². The van der Waals surface area contributed by atoms with Gasteiger partial charge in [-0.25, -0.2) is 19.3 Å². The van der Waals surface area contributed by atoms with Crippen LogP contribution in [0.1, 0.15) is 5.69 Å². The van der Waals surface area contributed by atoms with E-state index in [4.69, 9.17) is 0 Å². The van der Waals surface area contributed by atoms with Gasteiger partial charge in [0.15, 0.2) is 17.5 Å². The maximum Gasteiger partial charge on any atom is 0.183 e. The van der Waals surface area contributed by atoms with Crippen molar-refractivity contribution >= 4 is 5.82 Å². The number of anilines is 1. The largest absolute Gasteiger partial charge is 0.360 e. The molecule has 142 valence electrons. The van der Waals surface area contributed by atoms with Gasteiger partial charge in [0.2, 0.25) is 0 Å². The fraction of sp³-hybridized carbons (Fsp3) is 0.200. The number of aromatic nitrogens is 6. The van der Waals surface area contributed by atoms with Crippen molar-refractivity contribution in [2.75, 3.05) is 19.0 Å².